The summed E-state index contributed by atoms with van der Waals surface area (Å²) in [4.78, 5) is 4.18. The minimum Gasteiger partial charge on any atom is -0.334 e. The van der Waals surface area contributed by atoms with Gasteiger partial charge in [0.25, 0.3) is 0 Å². The number of hydrogen-bond acceptors (Lipinski definition) is 2. The number of rotatable bonds is 6. The maximum absolute atomic E-state index is 4.18. The van der Waals surface area contributed by atoms with E-state index in [4.69, 9.17) is 0 Å². The van der Waals surface area contributed by atoms with E-state index in [9.17, 15) is 0 Å². The molecular formula is C11H21N3. The third kappa shape index (κ3) is 3.92. The molecule has 1 rings (SSSR count). The highest BCUT2D eigenvalue weighted by atomic mass is 15.1. The van der Waals surface area contributed by atoms with E-state index in [-0.39, 0.29) is 0 Å². The molecule has 0 unspecified atom stereocenters. The van der Waals surface area contributed by atoms with Crippen molar-refractivity contribution >= 4 is 0 Å². The molecule has 80 valence electrons. The van der Waals surface area contributed by atoms with E-state index in [1.54, 1.807) is 0 Å². The first-order chi connectivity index (χ1) is 6.70. The van der Waals surface area contributed by atoms with Gasteiger partial charge < -0.3 is 9.88 Å². The van der Waals surface area contributed by atoms with Crippen molar-refractivity contribution in [3.05, 3.63) is 18.2 Å². The summed E-state index contributed by atoms with van der Waals surface area (Å²) in [6.07, 6.45) is 5.13. The van der Waals surface area contributed by atoms with Crippen LogP contribution in [-0.2, 0) is 6.54 Å². The fourth-order valence-corrected chi connectivity index (χ4v) is 1.36. The SMILES string of the molecule is Cc1nccn1CCNCCC(C)C. The van der Waals surface area contributed by atoms with Crippen LogP contribution in [0.4, 0.5) is 0 Å². The highest BCUT2D eigenvalue weighted by Crippen LogP contribution is 1.96. The van der Waals surface area contributed by atoms with Gasteiger partial charge in [0.2, 0.25) is 0 Å². The lowest BCUT2D eigenvalue weighted by atomic mass is 10.1. The standard InChI is InChI=1S/C11H21N3/c1-10(2)4-5-12-6-8-14-9-7-13-11(14)3/h7,9-10,12H,4-6,8H2,1-3H3. The minimum absolute atomic E-state index is 0.789. The second-order valence-corrected chi connectivity index (χ2v) is 4.10. The monoisotopic (exact) mass is 195 g/mol. The molecular weight excluding hydrogens is 174 g/mol. The van der Waals surface area contributed by atoms with Gasteiger partial charge in [-0.3, -0.25) is 0 Å². The zero-order valence-electron chi connectivity index (χ0n) is 9.45. The predicted octanol–water partition coefficient (Wildman–Crippen LogP) is 1.83. The van der Waals surface area contributed by atoms with Crippen LogP contribution in [0.25, 0.3) is 0 Å². The van der Waals surface area contributed by atoms with Crippen LogP contribution in [0.1, 0.15) is 26.1 Å². The molecule has 3 nitrogen and oxygen atoms in total. The topological polar surface area (TPSA) is 29.9 Å². The Hall–Kier alpha value is -0.830. The average molecular weight is 195 g/mol. The number of nitrogens with one attached hydrogen (secondary N) is 1. The molecule has 1 aromatic rings. The van der Waals surface area contributed by atoms with Crippen molar-refractivity contribution in [3.63, 3.8) is 0 Å². The first-order valence-corrected chi connectivity index (χ1v) is 5.38. The van der Waals surface area contributed by atoms with Crippen LogP contribution in [0.3, 0.4) is 0 Å². The molecule has 0 saturated carbocycles. The number of nitrogens with zero attached hydrogens (tertiary/aromatic N) is 2. The Morgan fingerprint density at radius 1 is 1.43 bits per heavy atom. The Balaban J connectivity index is 2.08. The average Bonchev–Trinajstić information content (AvgIpc) is 2.51. The first-order valence-electron chi connectivity index (χ1n) is 5.38. The van der Waals surface area contributed by atoms with Gasteiger partial charge in [0.15, 0.2) is 0 Å². The van der Waals surface area contributed by atoms with E-state index in [1.165, 1.54) is 6.42 Å². The van der Waals surface area contributed by atoms with Crippen LogP contribution in [-0.4, -0.2) is 22.6 Å². The van der Waals surface area contributed by atoms with E-state index >= 15 is 0 Å². The first kappa shape index (κ1) is 11.2. The van der Waals surface area contributed by atoms with Crippen molar-refractivity contribution in [1.29, 1.82) is 0 Å². The van der Waals surface area contributed by atoms with E-state index in [0.29, 0.717) is 0 Å². The Kier molecular flexibility index (Phi) is 4.66. The van der Waals surface area contributed by atoms with Crippen LogP contribution in [0.15, 0.2) is 12.4 Å². The molecule has 1 N–H and O–H groups in total. The lowest BCUT2D eigenvalue weighted by molar-refractivity contribution is 0.517. The van der Waals surface area contributed by atoms with Crippen molar-refractivity contribution in [2.45, 2.75) is 33.7 Å². The fraction of sp³-hybridized carbons (Fsp3) is 0.727. The molecule has 1 heterocycles. The second-order valence-electron chi connectivity index (χ2n) is 4.10. The van der Waals surface area contributed by atoms with Crippen LogP contribution in [0.5, 0.6) is 0 Å². The molecule has 0 bridgehead atoms. The lowest BCUT2D eigenvalue weighted by Crippen LogP contribution is -2.22. The van der Waals surface area contributed by atoms with Crippen LogP contribution >= 0.6 is 0 Å². The zero-order chi connectivity index (χ0) is 10.4. The largest absolute Gasteiger partial charge is 0.334 e. The summed E-state index contributed by atoms with van der Waals surface area (Å²) in [5.41, 5.74) is 0. The second kappa shape index (κ2) is 5.81. The number of aryl methyl sites for hydroxylation is 1. The quantitative estimate of drug-likeness (QED) is 0.702. The van der Waals surface area contributed by atoms with E-state index < -0.39 is 0 Å². The highest BCUT2D eigenvalue weighted by molar-refractivity contribution is 4.88. The zero-order valence-corrected chi connectivity index (χ0v) is 9.45. The summed E-state index contributed by atoms with van der Waals surface area (Å²) in [5, 5.41) is 3.43. The molecule has 0 saturated heterocycles. The summed E-state index contributed by atoms with van der Waals surface area (Å²) in [7, 11) is 0. The van der Waals surface area contributed by atoms with Crippen molar-refractivity contribution in [1.82, 2.24) is 14.9 Å². The van der Waals surface area contributed by atoms with Crippen molar-refractivity contribution < 1.29 is 0 Å². The number of imidazole rings is 1. The number of aromatic nitrogens is 2. The van der Waals surface area contributed by atoms with Gasteiger partial charge in [-0.2, -0.15) is 0 Å². The third-order valence-electron chi connectivity index (χ3n) is 2.35. The van der Waals surface area contributed by atoms with Gasteiger partial charge in [0.1, 0.15) is 5.82 Å². The Morgan fingerprint density at radius 3 is 2.79 bits per heavy atom. The smallest absolute Gasteiger partial charge is 0.105 e. The van der Waals surface area contributed by atoms with Gasteiger partial charge in [-0.1, -0.05) is 13.8 Å². The molecule has 0 spiro atoms. The molecule has 0 aliphatic carbocycles. The third-order valence-corrected chi connectivity index (χ3v) is 2.35. The van der Waals surface area contributed by atoms with Crippen LogP contribution in [0, 0.1) is 12.8 Å². The Labute approximate surface area is 86.5 Å². The maximum atomic E-state index is 4.18. The summed E-state index contributed by atoms with van der Waals surface area (Å²) >= 11 is 0. The minimum atomic E-state index is 0.789. The molecule has 0 fully saturated rings. The summed E-state index contributed by atoms with van der Waals surface area (Å²) in [5.74, 6) is 1.88. The fourth-order valence-electron chi connectivity index (χ4n) is 1.36. The van der Waals surface area contributed by atoms with Crippen molar-refractivity contribution in [2.75, 3.05) is 13.1 Å². The molecule has 0 aliphatic rings. The molecule has 0 aromatic carbocycles. The summed E-state index contributed by atoms with van der Waals surface area (Å²) < 4.78 is 2.17. The van der Waals surface area contributed by atoms with E-state index in [0.717, 1.165) is 31.4 Å². The molecule has 3 heteroatoms. The van der Waals surface area contributed by atoms with Gasteiger partial charge in [-0.15, -0.1) is 0 Å². The van der Waals surface area contributed by atoms with Crippen molar-refractivity contribution in [3.8, 4) is 0 Å². The molecule has 0 amide bonds. The molecule has 14 heavy (non-hydrogen) atoms. The van der Waals surface area contributed by atoms with E-state index in [1.807, 2.05) is 19.3 Å². The maximum Gasteiger partial charge on any atom is 0.105 e. The molecule has 0 aliphatic heterocycles. The number of hydrogen-bond donors (Lipinski definition) is 1. The van der Waals surface area contributed by atoms with Gasteiger partial charge >= 0.3 is 0 Å². The van der Waals surface area contributed by atoms with Crippen molar-refractivity contribution in [2.24, 2.45) is 5.92 Å². The lowest BCUT2D eigenvalue weighted by Gasteiger charge is -2.08. The molecule has 1 aromatic heterocycles. The Morgan fingerprint density at radius 2 is 2.21 bits per heavy atom. The van der Waals surface area contributed by atoms with Gasteiger partial charge in [-0.25, -0.2) is 4.98 Å². The van der Waals surface area contributed by atoms with Gasteiger partial charge in [-0.05, 0) is 25.8 Å². The predicted molar refractivity (Wildman–Crippen MR) is 59.3 cm³/mol. The summed E-state index contributed by atoms with van der Waals surface area (Å²) in [6, 6.07) is 0. The highest BCUT2D eigenvalue weighted by Gasteiger charge is 1.96. The molecule has 0 radical (unpaired) electrons. The van der Waals surface area contributed by atoms with E-state index in [2.05, 4.69) is 28.7 Å². The van der Waals surface area contributed by atoms with Gasteiger partial charge in [0.05, 0.1) is 0 Å². The summed E-state index contributed by atoms with van der Waals surface area (Å²) in [6.45, 7) is 9.71. The Bertz CT molecular complexity index is 253. The molecule has 0 atom stereocenters. The van der Waals surface area contributed by atoms with Crippen LogP contribution in [0.2, 0.25) is 0 Å². The normalized spacial score (nSPS) is 11.1. The van der Waals surface area contributed by atoms with Gasteiger partial charge in [0, 0.05) is 25.5 Å². The van der Waals surface area contributed by atoms with Crippen LogP contribution < -0.4 is 5.32 Å².